The Kier molecular flexibility index (Phi) is 3.63. The number of ether oxygens (including phenoxy) is 1. The first-order valence-electron chi connectivity index (χ1n) is 7.61. The third-order valence-corrected chi connectivity index (χ3v) is 5.12. The van der Waals surface area contributed by atoms with Gasteiger partial charge in [-0.2, -0.15) is 0 Å². The molecule has 1 aromatic heterocycles. The molecule has 0 bridgehead atoms. The van der Waals surface area contributed by atoms with Crippen LogP contribution in [0.3, 0.4) is 0 Å². The number of nitrogens with zero attached hydrogens (tertiary/aromatic N) is 3. The Hall–Kier alpha value is -2.18. The number of hydrogen-bond acceptors (Lipinski definition) is 5. The standard InChI is InChI=1S/C17H17N3O2S/c1-19-16(21)14(18-17(19)20-6-8-22-9-7-20)10-12-11-23-15-5-3-2-4-13(12)15/h2-5,10-11H,6-9H2,1H3. The number of amides is 1. The number of thiophene rings is 1. The fraction of sp³-hybridized carbons (Fsp3) is 0.294. The van der Waals surface area contributed by atoms with Crippen LogP contribution in [0.15, 0.2) is 40.3 Å². The van der Waals surface area contributed by atoms with Gasteiger partial charge in [0.25, 0.3) is 5.91 Å². The van der Waals surface area contributed by atoms with Gasteiger partial charge < -0.3 is 9.64 Å². The summed E-state index contributed by atoms with van der Waals surface area (Å²) in [6, 6.07) is 8.21. The zero-order chi connectivity index (χ0) is 15.8. The lowest BCUT2D eigenvalue weighted by molar-refractivity contribution is -0.122. The molecule has 118 valence electrons. The third-order valence-electron chi connectivity index (χ3n) is 4.14. The van der Waals surface area contributed by atoms with E-state index < -0.39 is 0 Å². The van der Waals surface area contributed by atoms with Crippen LogP contribution in [-0.4, -0.2) is 55.0 Å². The van der Waals surface area contributed by atoms with Crippen molar-refractivity contribution < 1.29 is 9.53 Å². The zero-order valence-electron chi connectivity index (χ0n) is 12.9. The monoisotopic (exact) mass is 327 g/mol. The van der Waals surface area contributed by atoms with Crippen LogP contribution in [0, 0.1) is 0 Å². The molecule has 0 saturated carbocycles. The summed E-state index contributed by atoms with van der Waals surface area (Å²) in [7, 11) is 1.78. The molecule has 1 aromatic carbocycles. The topological polar surface area (TPSA) is 45.1 Å². The molecule has 0 aliphatic carbocycles. The molecule has 0 unspecified atom stereocenters. The summed E-state index contributed by atoms with van der Waals surface area (Å²) in [6.45, 7) is 2.89. The molecule has 1 saturated heterocycles. The minimum atomic E-state index is -0.0539. The van der Waals surface area contributed by atoms with Crippen LogP contribution in [0.1, 0.15) is 5.56 Å². The zero-order valence-corrected chi connectivity index (χ0v) is 13.7. The van der Waals surface area contributed by atoms with E-state index in [-0.39, 0.29) is 5.91 Å². The molecule has 6 heteroatoms. The SMILES string of the molecule is CN1C(=O)C(=Cc2csc3ccccc23)N=C1N1CCOCC1. The van der Waals surface area contributed by atoms with Crippen LogP contribution in [-0.2, 0) is 9.53 Å². The van der Waals surface area contributed by atoms with Gasteiger partial charge in [0.1, 0.15) is 5.70 Å². The highest BCUT2D eigenvalue weighted by molar-refractivity contribution is 7.17. The van der Waals surface area contributed by atoms with Crippen molar-refractivity contribution in [3.05, 3.63) is 40.9 Å². The predicted molar refractivity (Wildman–Crippen MR) is 92.4 cm³/mol. The number of fused-ring (bicyclic) bond motifs is 1. The Labute approximate surface area is 138 Å². The fourth-order valence-electron chi connectivity index (χ4n) is 2.89. The Morgan fingerprint density at radius 3 is 2.87 bits per heavy atom. The van der Waals surface area contributed by atoms with E-state index in [1.54, 1.807) is 23.3 Å². The molecule has 2 aromatic rings. The predicted octanol–water partition coefficient (Wildman–Crippen LogP) is 2.40. The van der Waals surface area contributed by atoms with Gasteiger partial charge in [-0.3, -0.25) is 9.69 Å². The van der Waals surface area contributed by atoms with Crippen molar-refractivity contribution in [3.63, 3.8) is 0 Å². The molecular weight excluding hydrogens is 310 g/mol. The second-order valence-corrected chi connectivity index (χ2v) is 6.50. The number of hydrogen-bond donors (Lipinski definition) is 0. The van der Waals surface area contributed by atoms with Crippen molar-refractivity contribution in [2.75, 3.05) is 33.4 Å². The summed E-state index contributed by atoms with van der Waals surface area (Å²) in [6.07, 6.45) is 1.89. The lowest BCUT2D eigenvalue weighted by Gasteiger charge is -2.30. The van der Waals surface area contributed by atoms with E-state index >= 15 is 0 Å². The molecule has 23 heavy (non-hydrogen) atoms. The fourth-order valence-corrected chi connectivity index (χ4v) is 3.81. The van der Waals surface area contributed by atoms with E-state index in [0.29, 0.717) is 18.9 Å². The highest BCUT2D eigenvalue weighted by Gasteiger charge is 2.31. The average molecular weight is 327 g/mol. The molecule has 1 fully saturated rings. The number of likely N-dealkylation sites (N-methyl/N-ethyl adjacent to an activating group) is 1. The minimum Gasteiger partial charge on any atom is -0.378 e. The highest BCUT2D eigenvalue weighted by Crippen LogP contribution is 2.29. The lowest BCUT2D eigenvalue weighted by Crippen LogP contribution is -2.47. The summed E-state index contributed by atoms with van der Waals surface area (Å²) in [5.41, 5.74) is 1.55. The van der Waals surface area contributed by atoms with Crippen molar-refractivity contribution in [1.82, 2.24) is 9.80 Å². The molecule has 0 N–H and O–H groups in total. The second kappa shape index (κ2) is 5.79. The number of aliphatic imine (C=N–C) groups is 1. The first-order valence-corrected chi connectivity index (χ1v) is 8.49. The molecule has 3 heterocycles. The van der Waals surface area contributed by atoms with Crippen LogP contribution in [0.4, 0.5) is 0 Å². The first kappa shape index (κ1) is 14.4. The molecule has 0 spiro atoms. The molecular formula is C17H17N3O2S. The van der Waals surface area contributed by atoms with Gasteiger partial charge in [0.15, 0.2) is 0 Å². The van der Waals surface area contributed by atoms with Crippen LogP contribution < -0.4 is 0 Å². The van der Waals surface area contributed by atoms with Crippen molar-refractivity contribution >= 4 is 39.4 Å². The Bertz CT molecular complexity index is 818. The Balaban J connectivity index is 1.70. The van der Waals surface area contributed by atoms with Gasteiger partial charge in [0.05, 0.1) is 13.2 Å². The average Bonchev–Trinajstić information content (AvgIpc) is 3.13. The largest absolute Gasteiger partial charge is 0.378 e. The van der Waals surface area contributed by atoms with E-state index in [2.05, 4.69) is 27.4 Å². The van der Waals surface area contributed by atoms with E-state index in [9.17, 15) is 4.79 Å². The summed E-state index contributed by atoms with van der Waals surface area (Å²) in [5, 5.41) is 3.24. The smallest absolute Gasteiger partial charge is 0.279 e. The summed E-state index contributed by atoms with van der Waals surface area (Å²) in [4.78, 5) is 20.8. The number of benzene rings is 1. The maximum Gasteiger partial charge on any atom is 0.279 e. The molecule has 2 aliphatic heterocycles. The molecule has 1 amide bonds. The third kappa shape index (κ3) is 2.54. The van der Waals surface area contributed by atoms with Gasteiger partial charge in [-0.05, 0) is 28.5 Å². The van der Waals surface area contributed by atoms with Crippen LogP contribution in [0.2, 0.25) is 0 Å². The van der Waals surface area contributed by atoms with Crippen LogP contribution in [0.5, 0.6) is 0 Å². The van der Waals surface area contributed by atoms with Gasteiger partial charge >= 0.3 is 0 Å². The highest BCUT2D eigenvalue weighted by atomic mass is 32.1. The number of carbonyl (C=O) groups excluding carboxylic acids is 1. The van der Waals surface area contributed by atoms with E-state index in [1.165, 1.54) is 4.70 Å². The molecule has 4 rings (SSSR count). The van der Waals surface area contributed by atoms with E-state index in [1.807, 2.05) is 18.2 Å². The van der Waals surface area contributed by atoms with Crippen LogP contribution >= 0.6 is 11.3 Å². The van der Waals surface area contributed by atoms with Crippen molar-refractivity contribution in [2.24, 2.45) is 4.99 Å². The molecule has 0 radical (unpaired) electrons. The lowest BCUT2D eigenvalue weighted by atomic mass is 10.1. The van der Waals surface area contributed by atoms with E-state index in [4.69, 9.17) is 4.74 Å². The molecule has 2 aliphatic rings. The van der Waals surface area contributed by atoms with E-state index in [0.717, 1.165) is 30.0 Å². The molecule has 0 atom stereocenters. The maximum absolute atomic E-state index is 12.5. The minimum absolute atomic E-state index is 0.0539. The van der Waals surface area contributed by atoms with Gasteiger partial charge in [-0.1, -0.05) is 18.2 Å². The number of carbonyl (C=O) groups is 1. The Morgan fingerprint density at radius 2 is 2.04 bits per heavy atom. The summed E-state index contributed by atoms with van der Waals surface area (Å²) < 4.78 is 6.59. The second-order valence-electron chi connectivity index (χ2n) is 5.59. The van der Waals surface area contributed by atoms with Gasteiger partial charge in [0.2, 0.25) is 5.96 Å². The van der Waals surface area contributed by atoms with Gasteiger partial charge in [-0.25, -0.2) is 4.99 Å². The maximum atomic E-state index is 12.5. The van der Waals surface area contributed by atoms with Gasteiger partial charge in [-0.15, -0.1) is 11.3 Å². The van der Waals surface area contributed by atoms with Crippen LogP contribution in [0.25, 0.3) is 16.2 Å². The quantitative estimate of drug-likeness (QED) is 0.756. The summed E-state index contributed by atoms with van der Waals surface area (Å²) >= 11 is 1.68. The number of rotatable bonds is 1. The summed E-state index contributed by atoms with van der Waals surface area (Å²) in [5.74, 6) is 0.672. The molecule has 5 nitrogen and oxygen atoms in total. The van der Waals surface area contributed by atoms with Crippen molar-refractivity contribution in [1.29, 1.82) is 0 Å². The van der Waals surface area contributed by atoms with Gasteiger partial charge in [0, 0.05) is 24.8 Å². The Morgan fingerprint density at radius 1 is 1.26 bits per heavy atom. The number of guanidine groups is 1. The van der Waals surface area contributed by atoms with Crippen molar-refractivity contribution in [3.8, 4) is 0 Å². The normalized spacial score (nSPS) is 20.7. The van der Waals surface area contributed by atoms with Crippen molar-refractivity contribution in [2.45, 2.75) is 0 Å². The first-order chi connectivity index (χ1) is 11.2. The number of morpholine rings is 1.